The van der Waals surface area contributed by atoms with Gasteiger partial charge in [0.05, 0.1) is 25.4 Å². The third-order valence-corrected chi connectivity index (χ3v) is 7.91. The van der Waals surface area contributed by atoms with E-state index >= 15 is 0 Å². The average molecular weight is 551 g/mol. The number of aliphatic hydroxyl groups excluding tert-OH is 2. The van der Waals surface area contributed by atoms with Gasteiger partial charge in [-0.05, 0) is 40.8 Å². The van der Waals surface area contributed by atoms with Crippen LogP contribution in [0, 0.1) is 5.92 Å². The molecular weight excluding hydrogens is 512 g/mol. The van der Waals surface area contributed by atoms with Crippen LogP contribution in [-0.2, 0) is 22.6 Å². The zero-order valence-corrected chi connectivity index (χ0v) is 23.3. The second kappa shape index (κ2) is 14.5. The zero-order chi connectivity index (χ0) is 27.6. The van der Waals surface area contributed by atoms with Gasteiger partial charge in [0.1, 0.15) is 0 Å². The SMILES string of the molecule is CCNC(=O)NCc1cccc(-c2ccc([C@H]3O[C@@H](CSCCO)[C@@H](C)[C@@H](c4ccc(CO)cc4)O3)cc2)c1. The van der Waals surface area contributed by atoms with E-state index in [1.807, 2.05) is 55.5 Å². The van der Waals surface area contributed by atoms with Crippen LogP contribution in [0.4, 0.5) is 4.79 Å². The minimum Gasteiger partial charge on any atom is -0.396 e. The minimum atomic E-state index is -0.523. The first-order chi connectivity index (χ1) is 19.0. The highest BCUT2D eigenvalue weighted by atomic mass is 32.2. The van der Waals surface area contributed by atoms with Gasteiger partial charge in [-0.1, -0.05) is 73.7 Å². The number of aliphatic hydroxyl groups is 2. The fraction of sp³-hybridized carbons (Fsp3) is 0.387. The summed E-state index contributed by atoms with van der Waals surface area (Å²) in [7, 11) is 0. The Hall–Kier alpha value is -2.88. The second-order valence-corrected chi connectivity index (χ2v) is 10.8. The van der Waals surface area contributed by atoms with Gasteiger partial charge in [0.15, 0.2) is 6.29 Å². The minimum absolute atomic E-state index is 0.00742. The quantitative estimate of drug-likeness (QED) is 0.246. The summed E-state index contributed by atoms with van der Waals surface area (Å²) in [4.78, 5) is 11.8. The molecule has 0 radical (unpaired) electrons. The molecule has 1 fully saturated rings. The molecule has 2 amide bonds. The molecule has 4 N–H and O–H groups in total. The molecule has 3 aromatic rings. The molecule has 0 spiro atoms. The molecule has 8 heteroatoms. The summed E-state index contributed by atoms with van der Waals surface area (Å²) in [6.45, 7) is 5.22. The van der Waals surface area contributed by atoms with E-state index < -0.39 is 6.29 Å². The maximum absolute atomic E-state index is 11.8. The highest BCUT2D eigenvalue weighted by molar-refractivity contribution is 7.99. The van der Waals surface area contributed by atoms with Gasteiger partial charge < -0.3 is 30.3 Å². The summed E-state index contributed by atoms with van der Waals surface area (Å²) in [5.41, 5.74) is 6.01. The van der Waals surface area contributed by atoms with Crippen LogP contribution >= 0.6 is 11.8 Å². The summed E-state index contributed by atoms with van der Waals surface area (Å²) in [6.07, 6.45) is -0.730. The van der Waals surface area contributed by atoms with Gasteiger partial charge in [-0.2, -0.15) is 11.8 Å². The Morgan fingerprint density at radius 2 is 1.64 bits per heavy atom. The summed E-state index contributed by atoms with van der Waals surface area (Å²) in [6, 6.07) is 24.1. The highest BCUT2D eigenvalue weighted by Gasteiger charge is 2.38. The van der Waals surface area contributed by atoms with E-state index in [0.717, 1.165) is 39.1 Å². The molecule has 4 rings (SSSR count). The lowest BCUT2D eigenvalue weighted by atomic mass is 9.91. The van der Waals surface area contributed by atoms with Gasteiger partial charge in [0.25, 0.3) is 0 Å². The Labute approximate surface area is 234 Å². The van der Waals surface area contributed by atoms with Crippen molar-refractivity contribution in [2.45, 2.75) is 45.5 Å². The smallest absolute Gasteiger partial charge is 0.315 e. The molecule has 1 aliphatic rings. The van der Waals surface area contributed by atoms with Crippen LogP contribution in [0.3, 0.4) is 0 Å². The normalized spacial score (nSPS) is 20.9. The summed E-state index contributed by atoms with van der Waals surface area (Å²) in [5.74, 6) is 1.55. The van der Waals surface area contributed by atoms with Gasteiger partial charge >= 0.3 is 6.03 Å². The van der Waals surface area contributed by atoms with E-state index in [4.69, 9.17) is 9.47 Å². The second-order valence-electron chi connectivity index (χ2n) is 9.66. The number of hydrogen-bond acceptors (Lipinski definition) is 6. The Kier molecular flexibility index (Phi) is 10.8. The summed E-state index contributed by atoms with van der Waals surface area (Å²) in [5, 5.41) is 24.3. The van der Waals surface area contributed by atoms with Crippen LogP contribution in [0.5, 0.6) is 0 Å². The summed E-state index contributed by atoms with van der Waals surface area (Å²) >= 11 is 1.68. The lowest BCUT2D eigenvalue weighted by molar-refractivity contribution is -0.268. The maximum atomic E-state index is 11.8. The molecule has 1 saturated heterocycles. The largest absolute Gasteiger partial charge is 0.396 e. The highest BCUT2D eigenvalue weighted by Crippen LogP contribution is 2.42. The molecule has 208 valence electrons. The zero-order valence-electron chi connectivity index (χ0n) is 22.5. The first-order valence-electron chi connectivity index (χ1n) is 13.4. The van der Waals surface area contributed by atoms with Crippen LogP contribution in [0.15, 0.2) is 72.8 Å². The van der Waals surface area contributed by atoms with Crippen molar-refractivity contribution in [1.82, 2.24) is 10.6 Å². The van der Waals surface area contributed by atoms with Crippen molar-refractivity contribution in [3.63, 3.8) is 0 Å². The monoisotopic (exact) mass is 550 g/mol. The Balaban J connectivity index is 1.50. The number of benzene rings is 3. The van der Waals surface area contributed by atoms with Crippen molar-refractivity contribution in [2.75, 3.05) is 24.7 Å². The lowest BCUT2D eigenvalue weighted by Gasteiger charge is -2.41. The Bertz CT molecular complexity index is 1190. The van der Waals surface area contributed by atoms with Crippen molar-refractivity contribution >= 4 is 17.8 Å². The number of amides is 2. The third-order valence-electron chi connectivity index (χ3n) is 6.87. The maximum Gasteiger partial charge on any atom is 0.315 e. The third kappa shape index (κ3) is 7.84. The molecule has 1 aliphatic heterocycles. The van der Waals surface area contributed by atoms with Crippen LogP contribution < -0.4 is 10.6 Å². The van der Waals surface area contributed by atoms with Crippen molar-refractivity contribution in [1.29, 1.82) is 0 Å². The lowest BCUT2D eigenvalue weighted by Crippen LogP contribution is -2.38. The van der Waals surface area contributed by atoms with Crippen LogP contribution in [0.1, 0.15) is 48.5 Å². The molecule has 7 nitrogen and oxygen atoms in total. The fourth-order valence-corrected chi connectivity index (χ4v) is 5.58. The van der Waals surface area contributed by atoms with Crippen LogP contribution in [0.25, 0.3) is 11.1 Å². The summed E-state index contributed by atoms with van der Waals surface area (Å²) < 4.78 is 13.0. The number of hydrogen-bond donors (Lipinski definition) is 4. The first-order valence-corrected chi connectivity index (χ1v) is 14.6. The number of ether oxygens (including phenoxy) is 2. The van der Waals surface area contributed by atoms with Crippen molar-refractivity contribution in [3.05, 3.63) is 95.1 Å². The van der Waals surface area contributed by atoms with Gasteiger partial charge in [0, 0.05) is 36.1 Å². The number of carbonyl (C=O) groups excluding carboxylic acids is 1. The molecule has 0 saturated carbocycles. The number of nitrogens with one attached hydrogen (secondary N) is 2. The number of thioether (sulfide) groups is 1. The van der Waals surface area contributed by atoms with Crippen LogP contribution in [-0.4, -0.2) is 47.0 Å². The molecule has 0 bridgehead atoms. The predicted octanol–water partition coefficient (Wildman–Crippen LogP) is 5.18. The molecule has 0 unspecified atom stereocenters. The topological polar surface area (TPSA) is 100 Å². The van der Waals surface area contributed by atoms with Crippen molar-refractivity contribution in [3.8, 4) is 11.1 Å². The molecular formula is C31H38N2O5S. The number of rotatable bonds is 11. The predicted molar refractivity (Wildman–Crippen MR) is 155 cm³/mol. The first kappa shape index (κ1) is 29.1. The van der Waals surface area contributed by atoms with Gasteiger partial charge in [-0.15, -0.1) is 0 Å². The average Bonchev–Trinajstić information content (AvgIpc) is 2.97. The van der Waals surface area contributed by atoms with E-state index in [9.17, 15) is 15.0 Å². The van der Waals surface area contributed by atoms with Gasteiger partial charge in [-0.3, -0.25) is 0 Å². The number of carbonyl (C=O) groups is 1. The Morgan fingerprint density at radius 3 is 2.33 bits per heavy atom. The standard InChI is InChI=1S/C31H38N2O5S/c1-3-32-31(36)33-18-23-5-4-6-27(17-23)24-11-13-26(14-12-24)30-37-28(20-39-16-15-34)21(2)29(38-30)25-9-7-22(19-35)8-10-25/h4-14,17,21,28-30,34-35H,3,15-16,18-20H2,1-2H3,(H2,32,33,36)/t21-,28+,29+,30+/m1/s1. The van der Waals surface area contributed by atoms with Crippen molar-refractivity contribution in [2.24, 2.45) is 5.92 Å². The van der Waals surface area contributed by atoms with E-state index in [0.29, 0.717) is 18.8 Å². The van der Waals surface area contributed by atoms with E-state index in [-0.39, 0.29) is 37.4 Å². The molecule has 4 atom stereocenters. The van der Waals surface area contributed by atoms with Crippen molar-refractivity contribution < 1.29 is 24.5 Å². The molecule has 0 aliphatic carbocycles. The molecule has 0 aromatic heterocycles. The van der Waals surface area contributed by atoms with E-state index in [2.05, 4.69) is 41.8 Å². The van der Waals surface area contributed by atoms with E-state index in [1.165, 1.54) is 0 Å². The van der Waals surface area contributed by atoms with Gasteiger partial charge in [0.2, 0.25) is 0 Å². The van der Waals surface area contributed by atoms with Gasteiger partial charge in [-0.25, -0.2) is 4.79 Å². The fourth-order valence-electron chi connectivity index (χ4n) is 4.67. The Morgan fingerprint density at radius 1 is 0.897 bits per heavy atom. The molecule has 1 heterocycles. The van der Waals surface area contributed by atoms with E-state index in [1.54, 1.807) is 11.8 Å². The number of urea groups is 1. The molecule has 3 aromatic carbocycles. The van der Waals surface area contributed by atoms with Crippen LogP contribution in [0.2, 0.25) is 0 Å². The molecule has 39 heavy (non-hydrogen) atoms.